The van der Waals surface area contributed by atoms with Crippen molar-refractivity contribution in [3.63, 3.8) is 0 Å². The van der Waals surface area contributed by atoms with Crippen molar-refractivity contribution in [1.82, 2.24) is 0 Å². The summed E-state index contributed by atoms with van der Waals surface area (Å²) in [4.78, 5) is 0. The van der Waals surface area contributed by atoms with Crippen LogP contribution < -0.4 is 5.73 Å². The SMILES string of the molecule is CC(C)(C)c1ccc(C(N)C2=CCCCC2)cc1. The van der Waals surface area contributed by atoms with Gasteiger partial charge in [-0.15, -0.1) is 0 Å². The minimum Gasteiger partial charge on any atom is -0.321 e. The predicted molar refractivity (Wildman–Crippen MR) is 78.6 cm³/mol. The summed E-state index contributed by atoms with van der Waals surface area (Å²) in [6, 6.07) is 8.93. The summed E-state index contributed by atoms with van der Waals surface area (Å²) >= 11 is 0. The third-order valence-corrected chi connectivity index (χ3v) is 3.86. The quantitative estimate of drug-likeness (QED) is 0.761. The Morgan fingerprint density at radius 1 is 1.06 bits per heavy atom. The summed E-state index contributed by atoms with van der Waals surface area (Å²) in [5, 5.41) is 0. The van der Waals surface area contributed by atoms with Crippen LogP contribution in [-0.4, -0.2) is 0 Å². The molecule has 0 fully saturated rings. The molecule has 2 N–H and O–H groups in total. The van der Waals surface area contributed by atoms with Gasteiger partial charge in [-0.05, 0) is 42.2 Å². The number of rotatable bonds is 2. The average molecular weight is 243 g/mol. The molecule has 1 aliphatic carbocycles. The highest BCUT2D eigenvalue weighted by Gasteiger charge is 2.16. The first-order chi connectivity index (χ1) is 8.48. The molecule has 1 nitrogen and oxygen atoms in total. The fourth-order valence-corrected chi connectivity index (χ4v) is 2.55. The van der Waals surface area contributed by atoms with Crippen molar-refractivity contribution in [2.24, 2.45) is 5.73 Å². The van der Waals surface area contributed by atoms with Crippen LogP contribution >= 0.6 is 0 Å². The Kier molecular flexibility index (Phi) is 3.91. The largest absolute Gasteiger partial charge is 0.321 e. The summed E-state index contributed by atoms with van der Waals surface area (Å²) in [7, 11) is 0. The lowest BCUT2D eigenvalue weighted by molar-refractivity contribution is 0.589. The van der Waals surface area contributed by atoms with Crippen molar-refractivity contribution in [3.8, 4) is 0 Å². The molecular formula is C17H25N. The van der Waals surface area contributed by atoms with Crippen molar-refractivity contribution >= 4 is 0 Å². The maximum Gasteiger partial charge on any atom is 0.0510 e. The van der Waals surface area contributed by atoms with Crippen LogP contribution in [0.2, 0.25) is 0 Å². The van der Waals surface area contributed by atoms with E-state index in [0.717, 1.165) is 0 Å². The van der Waals surface area contributed by atoms with Crippen LogP contribution in [0.3, 0.4) is 0 Å². The first kappa shape index (κ1) is 13.4. The molecule has 98 valence electrons. The van der Waals surface area contributed by atoms with Gasteiger partial charge in [0.15, 0.2) is 0 Å². The molecule has 18 heavy (non-hydrogen) atoms. The molecule has 0 spiro atoms. The van der Waals surface area contributed by atoms with Gasteiger partial charge in [0.25, 0.3) is 0 Å². The third-order valence-electron chi connectivity index (χ3n) is 3.86. The maximum atomic E-state index is 6.36. The number of allylic oxidation sites excluding steroid dienone is 1. The van der Waals surface area contributed by atoms with E-state index in [-0.39, 0.29) is 11.5 Å². The van der Waals surface area contributed by atoms with Crippen LogP contribution in [0.15, 0.2) is 35.9 Å². The van der Waals surface area contributed by atoms with Crippen LogP contribution in [0.5, 0.6) is 0 Å². The maximum absolute atomic E-state index is 6.36. The molecule has 1 aromatic carbocycles. The van der Waals surface area contributed by atoms with E-state index in [2.05, 4.69) is 51.1 Å². The smallest absolute Gasteiger partial charge is 0.0510 e. The van der Waals surface area contributed by atoms with Gasteiger partial charge in [-0.3, -0.25) is 0 Å². The molecule has 1 aliphatic rings. The standard InChI is InChI=1S/C17H25N/c1-17(2,3)15-11-9-14(10-12-15)16(18)13-7-5-4-6-8-13/h7,9-12,16H,4-6,8,18H2,1-3H3. The second kappa shape index (κ2) is 5.27. The van der Waals surface area contributed by atoms with E-state index < -0.39 is 0 Å². The molecule has 1 unspecified atom stereocenters. The number of nitrogens with two attached hydrogens (primary N) is 1. The molecule has 1 heteroatoms. The Morgan fingerprint density at radius 2 is 1.72 bits per heavy atom. The molecule has 1 atom stereocenters. The van der Waals surface area contributed by atoms with E-state index in [1.54, 1.807) is 0 Å². The minimum atomic E-state index is 0.0966. The van der Waals surface area contributed by atoms with Crippen molar-refractivity contribution in [1.29, 1.82) is 0 Å². The van der Waals surface area contributed by atoms with Crippen LogP contribution in [0.4, 0.5) is 0 Å². The van der Waals surface area contributed by atoms with Crippen LogP contribution in [0.1, 0.15) is 63.6 Å². The zero-order chi connectivity index (χ0) is 13.2. The molecule has 0 saturated carbocycles. The fraction of sp³-hybridized carbons (Fsp3) is 0.529. The van der Waals surface area contributed by atoms with Gasteiger partial charge in [0, 0.05) is 0 Å². The van der Waals surface area contributed by atoms with E-state index in [9.17, 15) is 0 Å². The molecule has 0 radical (unpaired) electrons. The Hall–Kier alpha value is -1.08. The van der Waals surface area contributed by atoms with Gasteiger partial charge in [0.05, 0.1) is 6.04 Å². The summed E-state index contributed by atoms with van der Waals surface area (Å²) in [5.41, 5.74) is 10.6. The second-order valence-corrected chi connectivity index (χ2v) is 6.37. The predicted octanol–water partition coefficient (Wildman–Crippen LogP) is 4.48. The highest BCUT2D eigenvalue weighted by atomic mass is 14.6. The molecular weight excluding hydrogens is 218 g/mol. The fourth-order valence-electron chi connectivity index (χ4n) is 2.55. The first-order valence-electron chi connectivity index (χ1n) is 7.03. The number of hydrogen-bond donors (Lipinski definition) is 1. The van der Waals surface area contributed by atoms with Gasteiger partial charge in [-0.1, -0.05) is 56.7 Å². The van der Waals surface area contributed by atoms with Gasteiger partial charge in [0.2, 0.25) is 0 Å². The van der Waals surface area contributed by atoms with Crippen LogP contribution in [0, 0.1) is 0 Å². The molecule has 0 heterocycles. The highest BCUT2D eigenvalue weighted by molar-refractivity contribution is 5.33. The zero-order valence-corrected chi connectivity index (χ0v) is 11.9. The molecule has 0 amide bonds. The monoisotopic (exact) mass is 243 g/mol. The topological polar surface area (TPSA) is 26.0 Å². The molecule has 0 saturated heterocycles. The van der Waals surface area contributed by atoms with Gasteiger partial charge in [-0.25, -0.2) is 0 Å². The van der Waals surface area contributed by atoms with Crippen LogP contribution in [0.25, 0.3) is 0 Å². The van der Waals surface area contributed by atoms with Crippen molar-refractivity contribution in [2.75, 3.05) is 0 Å². The zero-order valence-electron chi connectivity index (χ0n) is 11.9. The molecule has 0 bridgehead atoms. The number of hydrogen-bond acceptors (Lipinski definition) is 1. The lowest BCUT2D eigenvalue weighted by Crippen LogP contribution is -2.16. The lowest BCUT2D eigenvalue weighted by Gasteiger charge is -2.22. The molecule has 0 aliphatic heterocycles. The Labute approximate surface area is 111 Å². The van der Waals surface area contributed by atoms with E-state index in [1.807, 2.05) is 0 Å². The Balaban J connectivity index is 2.16. The minimum absolute atomic E-state index is 0.0966. The Morgan fingerprint density at radius 3 is 2.22 bits per heavy atom. The molecule has 0 aromatic heterocycles. The van der Waals surface area contributed by atoms with Crippen molar-refractivity contribution < 1.29 is 0 Å². The van der Waals surface area contributed by atoms with Gasteiger partial charge < -0.3 is 5.73 Å². The first-order valence-corrected chi connectivity index (χ1v) is 7.03. The average Bonchev–Trinajstić information content (AvgIpc) is 2.38. The van der Waals surface area contributed by atoms with Gasteiger partial charge >= 0.3 is 0 Å². The number of benzene rings is 1. The van der Waals surface area contributed by atoms with Crippen LogP contribution in [-0.2, 0) is 5.41 Å². The van der Waals surface area contributed by atoms with Gasteiger partial charge in [-0.2, -0.15) is 0 Å². The van der Waals surface area contributed by atoms with E-state index >= 15 is 0 Å². The summed E-state index contributed by atoms with van der Waals surface area (Å²) in [5.74, 6) is 0. The third kappa shape index (κ3) is 3.02. The summed E-state index contributed by atoms with van der Waals surface area (Å²) in [6.45, 7) is 6.72. The normalized spacial score (nSPS) is 18.3. The molecule has 2 rings (SSSR count). The van der Waals surface area contributed by atoms with E-state index in [0.29, 0.717) is 0 Å². The second-order valence-electron chi connectivity index (χ2n) is 6.37. The van der Waals surface area contributed by atoms with Crippen molar-refractivity contribution in [3.05, 3.63) is 47.0 Å². The summed E-state index contributed by atoms with van der Waals surface area (Å²) < 4.78 is 0. The van der Waals surface area contributed by atoms with E-state index in [4.69, 9.17) is 5.73 Å². The summed E-state index contributed by atoms with van der Waals surface area (Å²) in [6.07, 6.45) is 7.32. The Bertz CT molecular complexity index is 420. The van der Waals surface area contributed by atoms with E-state index in [1.165, 1.54) is 42.4 Å². The molecule has 1 aromatic rings. The highest BCUT2D eigenvalue weighted by Crippen LogP contribution is 2.29. The van der Waals surface area contributed by atoms with Crippen molar-refractivity contribution in [2.45, 2.75) is 57.9 Å². The lowest BCUT2D eigenvalue weighted by atomic mass is 9.85. The van der Waals surface area contributed by atoms with Gasteiger partial charge in [0.1, 0.15) is 0 Å².